The van der Waals surface area contributed by atoms with Crippen LogP contribution in [0.15, 0.2) is 54.6 Å². The van der Waals surface area contributed by atoms with Crippen LogP contribution in [-0.2, 0) is 14.9 Å². The summed E-state index contributed by atoms with van der Waals surface area (Å²) in [5, 5.41) is 5.04. The maximum Gasteiger partial charge on any atom is 0.330 e. The molecule has 3 aliphatic rings. The van der Waals surface area contributed by atoms with Gasteiger partial charge in [0.15, 0.2) is 0 Å². The predicted octanol–water partition coefficient (Wildman–Crippen LogP) is 6.19. The first kappa shape index (κ1) is 20.3. The van der Waals surface area contributed by atoms with Gasteiger partial charge in [-0.2, -0.15) is 0 Å². The topological polar surface area (TPSA) is 51.2 Å². The Balaban J connectivity index is 1.24. The summed E-state index contributed by atoms with van der Waals surface area (Å²) in [7, 11) is 1.39. The second kappa shape index (κ2) is 8.12. The number of hydrogen-bond acceptors (Lipinski definition) is 5. The molecule has 3 aromatic rings. The molecular weight excluding hydrogens is 404 g/mol. The van der Waals surface area contributed by atoms with Crippen LogP contribution in [0.3, 0.4) is 0 Å². The highest BCUT2D eigenvalue weighted by Gasteiger charge is 2.50. The van der Waals surface area contributed by atoms with Crippen LogP contribution in [0.5, 0.6) is 0 Å². The summed E-state index contributed by atoms with van der Waals surface area (Å²) in [4.78, 5) is 16.4. The Labute approximate surface area is 187 Å². The van der Waals surface area contributed by atoms with E-state index in [0.29, 0.717) is 10.8 Å². The van der Waals surface area contributed by atoms with Gasteiger partial charge in [0.2, 0.25) is 0 Å². The van der Waals surface area contributed by atoms with Crippen molar-refractivity contribution in [3.63, 3.8) is 0 Å². The fourth-order valence-electron chi connectivity index (χ4n) is 5.22. The number of carbonyl (C=O) groups excluding carboxylic acids is 1. The van der Waals surface area contributed by atoms with Gasteiger partial charge in [0.05, 0.1) is 22.3 Å². The van der Waals surface area contributed by atoms with Crippen LogP contribution in [0.25, 0.3) is 16.3 Å². The van der Waals surface area contributed by atoms with Gasteiger partial charge in [-0.15, -0.1) is 11.3 Å². The number of anilines is 1. The third-order valence-electron chi connectivity index (χ3n) is 7.32. The van der Waals surface area contributed by atoms with Gasteiger partial charge in [-0.05, 0) is 79.8 Å². The number of aromatic nitrogens is 1. The minimum Gasteiger partial charge on any atom is -0.466 e. The number of esters is 1. The van der Waals surface area contributed by atoms with Crippen LogP contribution in [-0.4, -0.2) is 24.6 Å². The predicted molar refractivity (Wildman–Crippen MR) is 127 cm³/mol. The maximum atomic E-state index is 11.3. The molecule has 0 amide bonds. The normalized spacial score (nSPS) is 25.2. The molecule has 2 bridgehead atoms. The van der Waals surface area contributed by atoms with Gasteiger partial charge in [0, 0.05) is 23.7 Å². The zero-order valence-corrected chi connectivity index (χ0v) is 18.7. The van der Waals surface area contributed by atoms with E-state index < -0.39 is 0 Å². The van der Waals surface area contributed by atoms with Crippen LogP contribution in [0.4, 0.5) is 5.69 Å². The fourth-order valence-corrected chi connectivity index (χ4v) is 6.46. The number of benzene rings is 2. The minimum absolute atomic E-state index is 0.296. The van der Waals surface area contributed by atoms with Crippen molar-refractivity contribution in [1.29, 1.82) is 0 Å². The van der Waals surface area contributed by atoms with Crippen molar-refractivity contribution in [2.75, 3.05) is 19.0 Å². The standard InChI is InChI=1S/C26H28N2O2S/c1-30-23(29)10-9-19-5-4-6-20(17-19)27-18-25-11-14-26(15-12-25,16-13-25)24-28-21-7-2-3-8-22(21)31-24/h2-10,17,27H,11-16,18H2,1H3/b10-9+. The van der Waals surface area contributed by atoms with Crippen molar-refractivity contribution >= 4 is 39.3 Å². The van der Waals surface area contributed by atoms with Crippen molar-refractivity contribution in [1.82, 2.24) is 4.98 Å². The highest BCUT2D eigenvalue weighted by Crippen LogP contribution is 2.58. The minimum atomic E-state index is -0.335. The zero-order chi connectivity index (χ0) is 21.3. The van der Waals surface area contributed by atoms with E-state index in [2.05, 4.69) is 46.5 Å². The highest BCUT2D eigenvalue weighted by atomic mass is 32.1. The molecule has 31 heavy (non-hydrogen) atoms. The maximum absolute atomic E-state index is 11.3. The van der Waals surface area contributed by atoms with Crippen LogP contribution in [0.2, 0.25) is 0 Å². The summed E-state index contributed by atoms with van der Waals surface area (Å²) in [6, 6.07) is 16.7. The first-order valence-corrected chi connectivity index (χ1v) is 11.9. The average molecular weight is 433 g/mol. The summed E-state index contributed by atoms with van der Waals surface area (Å²) in [6.45, 7) is 1.01. The summed E-state index contributed by atoms with van der Waals surface area (Å²) in [5.74, 6) is -0.335. The van der Waals surface area contributed by atoms with Gasteiger partial charge < -0.3 is 10.1 Å². The van der Waals surface area contributed by atoms with Crippen LogP contribution < -0.4 is 5.32 Å². The molecule has 160 valence electrons. The molecule has 6 rings (SSSR count). The lowest BCUT2D eigenvalue weighted by atomic mass is 9.54. The number of thiazole rings is 1. The number of carbonyl (C=O) groups is 1. The number of nitrogens with zero attached hydrogens (tertiary/aromatic N) is 1. The quantitative estimate of drug-likeness (QED) is 0.373. The van der Waals surface area contributed by atoms with Crippen molar-refractivity contribution < 1.29 is 9.53 Å². The lowest BCUT2D eigenvalue weighted by Gasteiger charge is -2.52. The Kier molecular flexibility index (Phi) is 5.30. The molecule has 1 N–H and O–H groups in total. The van der Waals surface area contributed by atoms with E-state index >= 15 is 0 Å². The van der Waals surface area contributed by atoms with Crippen molar-refractivity contribution in [3.8, 4) is 0 Å². The number of nitrogens with one attached hydrogen (secondary N) is 1. The number of hydrogen-bond donors (Lipinski definition) is 1. The molecule has 3 fully saturated rings. The molecule has 1 aromatic heterocycles. The lowest BCUT2D eigenvalue weighted by Crippen LogP contribution is -2.47. The first-order chi connectivity index (χ1) is 15.1. The van der Waals surface area contributed by atoms with Crippen molar-refractivity contribution in [2.24, 2.45) is 5.41 Å². The number of para-hydroxylation sites is 1. The lowest BCUT2D eigenvalue weighted by molar-refractivity contribution is -0.134. The molecule has 3 aliphatic carbocycles. The largest absolute Gasteiger partial charge is 0.466 e. The van der Waals surface area contributed by atoms with Gasteiger partial charge in [-0.25, -0.2) is 9.78 Å². The van der Waals surface area contributed by atoms with Crippen molar-refractivity contribution in [3.05, 3.63) is 65.2 Å². The Morgan fingerprint density at radius 3 is 2.61 bits per heavy atom. The molecule has 0 unspecified atom stereocenters. The average Bonchev–Trinajstić information content (AvgIpc) is 3.28. The molecule has 0 atom stereocenters. The van der Waals surface area contributed by atoms with E-state index in [9.17, 15) is 4.79 Å². The van der Waals surface area contributed by atoms with E-state index in [1.165, 1.54) is 61.4 Å². The first-order valence-electron chi connectivity index (χ1n) is 11.1. The molecule has 0 radical (unpaired) electrons. The molecular formula is C26H28N2O2S. The summed E-state index contributed by atoms with van der Waals surface area (Å²) in [5.41, 5.74) is 3.94. The van der Waals surface area contributed by atoms with Crippen LogP contribution >= 0.6 is 11.3 Å². The van der Waals surface area contributed by atoms with Gasteiger partial charge >= 0.3 is 5.97 Å². The van der Waals surface area contributed by atoms with Gasteiger partial charge in [0.1, 0.15) is 0 Å². The molecule has 1 heterocycles. The van der Waals surface area contributed by atoms with Gasteiger partial charge in [-0.3, -0.25) is 0 Å². The Morgan fingerprint density at radius 1 is 1.10 bits per heavy atom. The van der Waals surface area contributed by atoms with E-state index in [4.69, 9.17) is 4.98 Å². The smallest absolute Gasteiger partial charge is 0.330 e. The number of methoxy groups -OCH3 is 1. The third-order valence-corrected chi connectivity index (χ3v) is 8.60. The van der Waals surface area contributed by atoms with Crippen LogP contribution in [0, 0.1) is 5.41 Å². The number of ether oxygens (including phenoxy) is 1. The molecule has 2 aromatic carbocycles. The summed E-state index contributed by atoms with van der Waals surface area (Å²) >= 11 is 1.90. The summed E-state index contributed by atoms with van der Waals surface area (Å²) < 4.78 is 5.99. The SMILES string of the molecule is COC(=O)/C=C/c1cccc(NCC23CCC(c4nc5ccccc5s4)(CC2)CC3)c1. The van der Waals surface area contributed by atoms with Gasteiger partial charge in [-0.1, -0.05) is 24.3 Å². The molecule has 5 heteroatoms. The Morgan fingerprint density at radius 2 is 1.87 bits per heavy atom. The second-order valence-electron chi connectivity index (χ2n) is 9.10. The molecule has 0 saturated heterocycles. The van der Waals surface area contributed by atoms with E-state index in [1.54, 1.807) is 6.08 Å². The monoisotopic (exact) mass is 432 g/mol. The number of fused-ring (bicyclic) bond motifs is 4. The zero-order valence-electron chi connectivity index (χ0n) is 17.9. The van der Waals surface area contributed by atoms with Gasteiger partial charge in [0.25, 0.3) is 0 Å². The molecule has 3 saturated carbocycles. The second-order valence-corrected chi connectivity index (χ2v) is 10.1. The molecule has 4 nitrogen and oxygen atoms in total. The third kappa shape index (κ3) is 3.99. The van der Waals surface area contributed by atoms with E-state index in [0.717, 1.165) is 23.3 Å². The highest BCUT2D eigenvalue weighted by molar-refractivity contribution is 7.18. The molecule has 0 aliphatic heterocycles. The Bertz CT molecular complexity index is 1080. The van der Waals surface area contributed by atoms with Crippen LogP contribution in [0.1, 0.15) is 49.1 Å². The van der Waals surface area contributed by atoms with E-state index in [1.807, 2.05) is 23.5 Å². The Hall–Kier alpha value is -2.66. The van der Waals surface area contributed by atoms with E-state index in [-0.39, 0.29) is 5.97 Å². The molecule has 0 spiro atoms. The van der Waals surface area contributed by atoms with Crippen molar-refractivity contribution in [2.45, 2.75) is 43.9 Å². The fraction of sp³-hybridized carbons (Fsp3) is 0.385. The number of rotatable bonds is 6. The summed E-state index contributed by atoms with van der Waals surface area (Å²) in [6.07, 6.45) is 10.8.